The minimum atomic E-state index is -2.06. The number of ether oxygens (including phenoxy) is 2. The number of fused-ring (bicyclic) bond motifs is 2. The predicted octanol–water partition coefficient (Wildman–Crippen LogP) is 0.374. The van der Waals surface area contributed by atoms with Gasteiger partial charge < -0.3 is 25.2 Å². The Morgan fingerprint density at radius 2 is 2.27 bits per heavy atom. The van der Waals surface area contributed by atoms with Crippen LogP contribution in [0.25, 0.3) is 11.2 Å². The Bertz CT molecular complexity index is 1120. The van der Waals surface area contributed by atoms with Crippen molar-refractivity contribution >= 4 is 59.4 Å². The monoisotopic (exact) mass is 522 g/mol. The van der Waals surface area contributed by atoms with Gasteiger partial charge in [-0.1, -0.05) is 5.09 Å². The van der Waals surface area contributed by atoms with Crippen molar-refractivity contribution in [3.05, 3.63) is 6.33 Å². The van der Waals surface area contributed by atoms with Crippen LogP contribution in [-0.2, 0) is 30.6 Å². The molecule has 4 rings (SSSR count). The van der Waals surface area contributed by atoms with Gasteiger partial charge in [-0.05, 0) is 6.92 Å². The molecule has 2 aromatic heterocycles. The molecule has 1 saturated heterocycles. The second kappa shape index (κ2) is 8.45. The Hall–Kier alpha value is -1.80. The van der Waals surface area contributed by atoms with Crippen molar-refractivity contribution in [2.24, 2.45) is 0 Å². The van der Waals surface area contributed by atoms with Crippen LogP contribution in [0.4, 0.5) is 16.2 Å². The topological polar surface area (TPSA) is 150 Å². The highest BCUT2D eigenvalue weighted by atomic mass is 35.5. The lowest BCUT2D eigenvalue weighted by Crippen LogP contribution is -2.35. The third-order valence-corrected chi connectivity index (χ3v) is 7.76. The molecule has 2 aromatic rings. The van der Waals surface area contributed by atoms with E-state index in [0.717, 1.165) is 0 Å². The molecule has 0 spiro atoms. The fourth-order valence-electron chi connectivity index (χ4n) is 4.01. The van der Waals surface area contributed by atoms with E-state index < -0.39 is 48.8 Å². The maximum absolute atomic E-state index is 15.7. The van der Waals surface area contributed by atoms with E-state index >= 15 is 4.39 Å². The Kier molecular flexibility index (Phi) is 6.23. The van der Waals surface area contributed by atoms with Gasteiger partial charge >= 0.3 is 13.0 Å². The average molecular weight is 523 g/mol. The average Bonchev–Trinajstić information content (AvgIpc) is 3.03. The van der Waals surface area contributed by atoms with E-state index in [1.165, 1.54) is 18.0 Å². The van der Waals surface area contributed by atoms with Crippen LogP contribution in [0.5, 0.6) is 0 Å². The van der Waals surface area contributed by atoms with Crippen LogP contribution in [0, 0.1) is 0 Å². The smallest absolute Gasteiger partial charge is 0.440 e. The fourth-order valence-corrected chi connectivity index (χ4v) is 6.16. The van der Waals surface area contributed by atoms with Gasteiger partial charge in [-0.2, -0.15) is 9.97 Å². The molecule has 1 aliphatic carbocycles. The number of nitrogens with two attached hydrogens (primary N) is 1. The number of methoxy groups -OCH3 is 1. The molecule has 2 fully saturated rings. The molecular formula is C17H23ClFN7O5PS+. The number of halogens is 2. The number of carbonyl (C=O) groups excluding carboxylic acids is 1. The van der Waals surface area contributed by atoms with E-state index in [1.54, 1.807) is 25.9 Å². The van der Waals surface area contributed by atoms with Crippen molar-refractivity contribution in [1.29, 1.82) is 0 Å². The summed E-state index contributed by atoms with van der Waals surface area (Å²) in [5.74, 6) is -0.379. The second-order valence-corrected chi connectivity index (χ2v) is 10.2. The molecule has 0 aromatic carbocycles. The van der Waals surface area contributed by atoms with Crippen LogP contribution in [0.2, 0.25) is 0 Å². The number of carbonyl (C=O) groups is 1. The Morgan fingerprint density at radius 3 is 2.85 bits per heavy atom. The van der Waals surface area contributed by atoms with Crippen LogP contribution < -0.4 is 15.7 Å². The minimum Gasteiger partial charge on any atom is -0.468 e. The first-order valence-corrected chi connectivity index (χ1v) is 12.6. The van der Waals surface area contributed by atoms with Crippen LogP contribution >= 0.6 is 18.7 Å². The lowest BCUT2D eigenvalue weighted by Gasteiger charge is -2.22. The van der Waals surface area contributed by atoms with Crippen molar-refractivity contribution in [2.75, 3.05) is 37.7 Å². The first-order chi connectivity index (χ1) is 15.5. The molecule has 12 nitrogen and oxygen atoms in total. The molecule has 0 bridgehead atoms. The van der Waals surface area contributed by atoms with Crippen LogP contribution in [-0.4, -0.2) is 87.2 Å². The quantitative estimate of drug-likeness (QED) is 0.250. The number of aliphatic hydroxyl groups is 1. The van der Waals surface area contributed by atoms with Crippen molar-refractivity contribution < 1.29 is 28.3 Å². The molecule has 0 radical (unpaired) electrons. The summed E-state index contributed by atoms with van der Waals surface area (Å²) in [6.07, 6.45) is -3.04. The largest absolute Gasteiger partial charge is 0.468 e. The number of hydrogen-bond acceptors (Lipinski definition) is 11. The number of anilines is 2. The van der Waals surface area contributed by atoms with Gasteiger partial charge in [-0.3, -0.25) is 9.36 Å². The van der Waals surface area contributed by atoms with E-state index in [4.69, 9.17) is 38.4 Å². The number of nitrogens with zero attached hydrogens (tertiary/aromatic N) is 5. The van der Waals surface area contributed by atoms with Gasteiger partial charge in [0.25, 0.3) is 0 Å². The van der Waals surface area contributed by atoms with Gasteiger partial charge in [-0.25, -0.2) is 9.37 Å². The number of esters is 1. The Balaban J connectivity index is 1.59. The number of aromatic nitrogens is 4. The first-order valence-electron chi connectivity index (χ1n) is 9.77. The summed E-state index contributed by atoms with van der Waals surface area (Å²) in [7, 11) is 2.91. The van der Waals surface area contributed by atoms with Crippen molar-refractivity contribution in [3.63, 3.8) is 0 Å². The van der Waals surface area contributed by atoms with Crippen molar-refractivity contribution in [1.82, 2.24) is 24.6 Å². The number of nitrogens with one attached hydrogen (secondary N) is 1. The van der Waals surface area contributed by atoms with Gasteiger partial charge in [0.05, 0.1) is 19.3 Å². The number of alkyl halides is 2. The van der Waals surface area contributed by atoms with Gasteiger partial charge in [-0.15, -0.1) is 16.1 Å². The second-order valence-electron chi connectivity index (χ2n) is 8.00. The van der Waals surface area contributed by atoms with Crippen molar-refractivity contribution in [2.45, 2.75) is 42.7 Å². The highest BCUT2D eigenvalue weighted by Crippen LogP contribution is 2.67. The molecular weight excluding hydrogens is 500 g/mol. The van der Waals surface area contributed by atoms with E-state index in [0.29, 0.717) is 11.3 Å². The highest BCUT2D eigenvalue weighted by molar-refractivity contribution is 8.02. The molecule has 1 saturated carbocycles. The zero-order valence-corrected chi connectivity index (χ0v) is 20.6. The minimum absolute atomic E-state index is 0.0268. The number of rotatable bonds is 8. The third-order valence-electron chi connectivity index (χ3n) is 5.79. The van der Waals surface area contributed by atoms with Gasteiger partial charge in [0, 0.05) is 14.1 Å². The van der Waals surface area contributed by atoms with E-state index in [-0.39, 0.29) is 17.5 Å². The summed E-state index contributed by atoms with van der Waals surface area (Å²) >= 11 is 11.3. The predicted molar refractivity (Wildman–Crippen MR) is 121 cm³/mol. The molecule has 2 aliphatic rings. The Morgan fingerprint density at radius 1 is 1.58 bits per heavy atom. The molecule has 4 N–H and O–H groups in total. The fraction of sp³-hybridized carbons (Fsp3) is 0.647. The summed E-state index contributed by atoms with van der Waals surface area (Å²) in [6.45, 7) is 1.54. The lowest BCUT2D eigenvalue weighted by atomic mass is 10.1. The summed E-state index contributed by atoms with van der Waals surface area (Å²) in [4.78, 5) is 25.9. The zero-order valence-electron chi connectivity index (χ0n) is 18.1. The number of nitrogen functional groups attached to an aromatic ring is 1. The van der Waals surface area contributed by atoms with E-state index in [2.05, 4.69) is 24.8 Å². The molecule has 1 unspecified atom stereocenters. The summed E-state index contributed by atoms with van der Waals surface area (Å²) in [5, 5.41) is 13.9. The maximum Gasteiger partial charge on any atom is 0.440 e. The summed E-state index contributed by atoms with van der Waals surface area (Å²) < 4.78 is 33.2. The summed E-state index contributed by atoms with van der Waals surface area (Å²) in [5.41, 5.74) is 2.84. The molecule has 16 heteroatoms. The first kappa shape index (κ1) is 24.3. The standard InChI is InChI=1S/C17H23ClFN7O5PS/c1-7(13(27)29-4)24-32(33)31-14-16(5-18)17(14,28)9(19)12(30-16)26-6-21-8-10(25(2)3)22-15(20)23-11(8)26/h6-7,9,12,14,28H,5H2,1-4H3,(H,24,33)(H2,20,22,23)/q+1/t7-,9-,12+,14+,16+,17+/m0/s1. The molecule has 1 aliphatic heterocycles. The number of hydrogen-bond donors (Lipinski definition) is 3. The van der Waals surface area contributed by atoms with Crippen LogP contribution in [0.15, 0.2) is 6.33 Å². The molecule has 180 valence electrons. The van der Waals surface area contributed by atoms with E-state index in [1.807, 2.05) is 0 Å². The highest BCUT2D eigenvalue weighted by Gasteiger charge is 2.91. The maximum atomic E-state index is 15.7. The molecule has 0 amide bonds. The molecule has 7 atom stereocenters. The normalized spacial score (nSPS) is 31.8. The SMILES string of the molecule is COC(=O)[C@H](C)N[P+](=S)O[C@H]1[C@]2(O)[C@@H](F)[C@H](n3cnc4c(N(C)C)nc(N)nc43)O[C@]12CCl. The summed E-state index contributed by atoms with van der Waals surface area (Å²) in [6, 6.07) is -0.748. The van der Waals surface area contributed by atoms with E-state index in [9.17, 15) is 9.90 Å². The van der Waals surface area contributed by atoms with Gasteiger partial charge in [0.15, 0.2) is 46.7 Å². The molecule has 3 heterocycles. The zero-order chi connectivity index (χ0) is 24.3. The van der Waals surface area contributed by atoms with Crippen LogP contribution in [0.3, 0.4) is 0 Å². The van der Waals surface area contributed by atoms with Crippen molar-refractivity contribution in [3.8, 4) is 0 Å². The van der Waals surface area contributed by atoms with Gasteiger partial charge in [0.1, 0.15) is 6.04 Å². The van der Waals surface area contributed by atoms with Crippen LogP contribution in [0.1, 0.15) is 13.2 Å². The van der Waals surface area contributed by atoms with Gasteiger partial charge in [0.2, 0.25) is 17.8 Å². The lowest BCUT2D eigenvalue weighted by molar-refractivity contribution is -0.142. The third kappa shape index (κ3) is 3.55. The Labute approximate surface area is 199 Å². The number of imidazole rings is 1. The molecule has 33 heavy (non-hydrogen) atoms.